The van der Waals surface area contributed by atoms with Gasteiger partial charge in [-0.15, -0.1) is 9.79 Å². The van der Waals surface area contributed by atoms with Crippen molar-refractivity contribution in [2.45, 2.75) is 0 Å². The normalized spacial score (nSPS) is 5.20. The minimum Gasteiger partial charge on any atom is -0.134 e. The first-order valence-corrected chi connectivity index (χ1v) is 1.75. The Labute approximate surface area is 40.9 Å². The molecule has 0 saturated carbocycles. The zero-order valence-corrected chi connectivity index (χ0v) is 5.24. The minimum atomic E-state index is -2.87. The summed E-state index contributed by atoms with van der Waals surface area (Å²) in [5.41, 5.74) is 0. The molecule has 0 heterocycles. The molecule has 0 atom stereocenters. The maximum atomic E-state index is 8.70. The summed E-state index contributed by atoms with van der Waals surface area (Å²) in [6.07, 6.45) is 0. The van der Waals surface area contributed by atoms with Gasteiger partial charge < -0.3 is 0 Å². The third kappa shape index (κ3) is 94.6. The predicted molar refractivity (Wildman–Crippen MR) is 17.8 cm³/mol. The number of hydrogen-bond acceptors (Lipinski definition) is 1. The first kappa shape index (κ1) is 9.12. The summed E-state index contributed by atoms with van der Waals surface area (Å²) in [6.45, 7) is 0. The molecule has 0 amide bonds. The Balaban J connectivity index is 0. The Hall–Kier alpha value is 0.563. The van der Waals surface area contributed by atoms with Crippen molar-refractivity contribution in [1.82, 2.24) is 0 Å². The summed E-state index contributed by atoms with van der Waals surface area (Å²) in [5.74, 6) is 0. The van der Waals surface area contributed by atoms with Crippen molar-refractivity contribution < 1.29 is 14.4 Å². The van der Waals surface area contributed by atoms with Crippen molar-refractivity contribution in [2.75, 3.05) is 0 Å². The van der Waals surface area contributed by atoms with Gasteiger partial charge in [0.05, 0.1) is 0 Å². The van der Waals surface area contributed by atoms with E-state index >= 15 is 0 Å². The quantitative estimate of drug-likeness (QED) is 0.356. The molecule has 0 saturated heterocycles. The molecule has 0 unspecified atom stereocenters. The molecule has 3 nitrogen and oxygen atoms in total. The van der Waals surface area contributed by atoms with Gasteiger partial charge in [0.15, 0.2) is 0 Å². The molecule has 4 radical (unpaired) electrons. The van der Waals surface area contributed by atoms with E-state index in [1.54, 1.807) is 0 Å². The van der Waals surface area contributed by atoms with Crippen LogP contribution in [0.2, 0.25) is 0 Å². The van der Waals surface area contributed by atoms with Gasteiger partial charge in [0.2, 0.25) is 0 Å². The van der Waals surface area contributed by atoms with Crippen LogP contribution >= 0.6 is 8.25 Å². The van der Waals surface area contributed by atoms with E-state index in [-0.39, 0.29) is 17.6 Å². The maximum absolute atomic E-state index is 8.70. The summed E-state index contributed by atoms with van der Waals surface area (Å²) in [6, 6.07) is 0. The molecule has 0 aliphatic rings. The van der Waals surface area contributed by atoms with Crippen molar-refractivity contribution in [3.05, 3.63) is 0 Å². The van der Waals surface area contributed by atoms with Crippen LogP contribution < -0.4 is 0 Å². The zero-order chi connectivity index (χ0) is 3.58. The molecule has 28 valence electrons. The molecule has 0 aromatic carbocycles. The Morgan fingerprint density at radius 3 is 1.40 bits per heavy atom. The summed E-state index contributed by atoms with van der Waals surface area (Å²) in [7, 11) is -2.87. The van der Waals surface area contributed by atoms with E-state index in [2.05, 4.69) is 0 Å². The third-order valence-corrected chi connectivity index (χ3v) is 0. The van der Waals surface area contributed by atoms with Crippen LogP contribution in [-0.4, -0.2) is 27.4 Å². The van der Waals surface area contributed by atoms with Crippen LogP contribution in [0.4, 0.5) is 0 Å². The van der Waals surface area contributed by atoms with E-state index in [1.807, 2.05) is 0 Å². The van der Waals surface area contributed by atoms with Crippen molar-refractivity contribution in [3.8, 4) is 0 Å². The van der Waals surface area contributed by atoms with E-state index in [4.69, 9.17) is 14.4 Å². The van der Waals surface area contributed by atoms with Gasteiger partial charge in [-0.2, -0.15) is 0 Å². The van der Waals surface area contributed by atoms with Crippen molar-refractivity contribution >= 4 is 25.9 Å². The standard InChI is InChI=1S/Ge.HO3P/c;1-4(2)3/h;(H-,1,2,3)/p+1. The molecule has 0 rings (SSSR count). The predicted octanol–water partition coefficient (Wildman–Crippen LogP) is -0.752. The second kappa shape index (κ2) is 4.56. The van der Waals surface area contributed by atoms with Crippen LogP contribution in [-0.2, 0) is 4.57 Å². The summed E-state index contributed by atoms with van der Waals surface area (Å²) >= 11 is 0. The van der Waals surface area contributed by atoms with Gasteiger partial charge in [-0.3, -0.25) is 0 Å². The van der Waals surface area contributed by atoms with Gasteiger partial charge in [-0.1, -0.05) is 0 Å². The minimum absolute atomic E-state index is 0. The Kier molecular flexibility index (Phi) is 8.33. The molecule has 0 aromatic heterocycles. The third-order valence-electron chi connectivity index (χ3n) is 0. The second-order valence-corrected chi connectivity index (χ2v) is 0.758. The Morgan fingerprint density at radius 1 is 1.40 bits per heavy atom. The average Bonchev–Trinajstić information content (AvgIpc) is 0.811. The van der Waals surface area contributed by atoms with Crippen LogP contribution in [0.5, 0.6) is 0 Å². The van der Waals surface area contributed by atoms with Crippen molar-refractivity contribution in [1.29, 1.82) is 0 Å². The molecule has 0 aliphatic heterocycles. The molecule has 2 N–H and O–H groups in total. The molecule has 0 spiro atoms. The molecule has 0 fully saturated rings. The van der Waals surface area contributed by atoms with E-state index in [0.717, 1.165) is 0 Å². The molecular formula is H2GeO3P+. The zero-order valence-electron chi connectivity index (χ0n) is 2.25. The maximum Gasteiger partial charge on any atom is 0.692 e. The Morgan fingerprint density at radius 2 is 1.40 bits per heavy atom. The molecular weight excluding hydrogens is 152 g/mol. The smallest absolute Gasteiger partial charge is 0.134 e. The molecule has 0 aliphatic carbocycles. The molecule has 0 bridgehead atoms. The average molecular weight is 154 g/mol. The van der Waals surface area contributed by atoms with E-state index in [1.165, 1.54) is 0 Å². The summed E-state index contributed by atoms with van der Waals surface area (Å²) < 4.78 is 8.70. The fourth-order valence-corrected chi connectivity index (χ4v) is 0. The van der Waals surface area contributed by atoms with Crippen LogP contribution in [0.1, 0.15) is 0 Å². The largest absolute Gasteiger partial charge is 0.692 e. The SMILES string of the molecule is O=[P+](O)O.[Ge]. The van der Waals surface area contributed by atoms with Crippen LogP contribution in [0.3, 0.4) is 0 Å². The van der Waals surface area contributed by atoms with Gasteiger partial charge in [-0.25, -0.2) is 0 Å². The Bertz CT molecular complexity index is 29.9. The van der Waals surface area contributed by atoms with Crippen molar-refractivity contribution in [3.63, 3.8) is 0 Å². The fraction of sp³-hybridized carbons (Fsp3) is 0. The van der Waals surface area contributed by atoms with Gasteiger partial charge >= 0.3 is 8.25 Å². The van der Waals surface area contributed by atoms with Gasteiger partial charge in [0, 0.05) is 22.2 Å². The van der Waals surface area contributed by atoms with Gasteiger partial charge in [0.25, 0.3) is 0 Å². The number of hydrogen-bond donors (Lipinski definition) is 2. The van der Waals surface area contributed by atoms with E-state index in [9.17, 15) is 0 Å². The first-order valence-electron chi connectivity index (χ1n) is 0.583. The van der Waals surface area contributed by atoms with Gasteiger partial charge in [-0.05, 0) is 0 Å². The summed E-state index contributed by atoms with van der Waals surface area (Å²) in [4.78, 5) is 14.2. The number of rotatable bonds is 0. The van der Waals surface area contributed by atoms with Crippen LogP contribution in [0.25, 0.3) is 0 Å². The topological polar surface area (TPSA) is 57.5 Å². The monoisotopic (exact) mass is 155 g/mol. The van der Waals surface area contributed by atoms with E-state index < -0.39 is 8.25 Å². The van der Waals surface area contributed by atoms with Crippen LogP contribution in [0.15, 0.2) is 0 Å². The van der Waals surface area contributed by atoms with Gasteiger partial charge in [0.1, 0.15) is 0 Å². The fourth-order valence-electron chi connectivity index (χ4n) is 0. The first-order chi connectivity index (χ1) is 1.73. The summed E-state index contributed by atoms with van der Waals surface area (Å²) in [5, 5.41) is 0. The van der Waals surface area contributed by atoms with Crippen molar-refractivity contribution in [2.24, 2.45) is 0 Å². The van der Waals surface area contributed by atoms with Crippen LogP contribution in [0, 0.1) is 0 Å². The second-order valence-electron chi connectivity index (χ2n) is 0.253. The molecule has 0 aromatic rings. The van der Waals surface area contributed by atoms with E-state index in [0.29, 0.717) is 0 Å². The molecule has 5 heavy (non-hydrogen) atoms. The molecule has 5 heteroatoms.